The third kappa shape index (κ3) is 6.58. The van der Waals surface area contributed by atoms with Gasteiger partial charge in [0.05, 0.1) is 6.54 Å². The van der Waals surface area contributed by atoms with E-state index < -0.39 is 0 Å². The fourth-order valence-corrected chi connectivity index (χ4v) is 4.87. The number of nitrogens with zero attached hydrogens (tertiary/aromatic N) is 2. The third-order valence-electron chi connectivity index (χ3n) is 5.09. The first-order valence-electron chi connectivity index (χ1n) is 10.5. The summed E-state index contributed by atoms with van der Waals surface area (Å²) in [7, 11) is 0. The molecule has 0 radical (unpaired) electrons. The monoisotopic (exact) mass is 488 g/mol. The Morgan fingerprint density at radius 3 is 2.22 bits per heavy atom. The smallest absolute Gasteiger partial charge is 0.254 e. The van der Waals surface area contributed by atoms with E-state index in [1.54, 1.807) is 34.4 Å². The zero-order chi connectivity index (χ0) is 23.1. The lowest BCUT2D eigenvalue weighted by molar-refractivity contribution is -0.133. The Hall–Kier alpha value is -2.34. The Labute approximate surface area is 203 Å². The standard InChI is InChI=1S/C25H26Cl2N2O2S/c1-3-10-28(25(31)20-12-21(26)14-22(27)13-20)17-24(30)29(15-19-7-5-4-6-8-19)16-23-18(2)9-11-32-23/h4-9,11-14H,3,10,15-17H2,1-2H3. The van der Waals surface area contributed by atoms with E-state index in [0.29, 0.717) is 35.2 Å². The van der Waals surface area contributed by atoms with Crippen molar-refractivity contribution in [2.24, 2.45) is 0 Å². The van der Waals surface area contributed by atoms with E-state index in [1.807, 2.05) is 54.5 Å². The Kier molecular flexibility index (Phi) is 8.74. The Balaban J connectivity index is 1.82. The van der Waals surface area contributed by atoms with Gasteiger partial charge in [-0.25, -0.2) is 0 Å². The lowest BCUT2D eigenvalue weighted by Gasteiger charge is -2.28. The van der Waals surface area contributed by atoms with Crippen molar-refractivity contribution in [3.05, 3.63) is 91.6 Å². The highest BCUT2D eigenvalue weighted by molar-refractivity contribution is 7.10. The molecule has 0 aliphatic rings. The highest BCUT2D eigenvalue weighted by Crippen LogP contribution is 2.22. The summed E-state index contributed by atoms with van der Waals surface area (Å²) in [5.41, 5.74) is 2.59. The molecule has 1 aromatic heterocycles. The largest absolute Gasteiger partial charge is 0.332 e. The van der Waals surface area contributed by atoms with Crippen molar-refractivity contribution in [1.82, 2.24) is 9.80 Å². The van der Waals surface area contributed by atoms with Crippen LogP contribution in [0.15, 0.2) is 60.0 Å². The SMILES string of the molecule is CCCN(CC(=O)N(Cc1ccccc1)Cc1sccc1C)C(=O)c1cc(Cl)cc(Cl)c1. The van der Waals surface area contributed by atoms with Gasteiger partial charge in [-0.3, -0.25) is 9.59 Å². The van der Waals surface area contributed by atoms with Crippen LogP contribution in [-0.2, 0) is 17.9 Å². The van der Waals surface area contributed by atoms with Crippen LogP contribution >= 0.6 is 34.5 Å². The van der Waals surface area contributed by atoms with Crippen molar-refractivity contribution in [3.8, 4) is 0 Å². The molecule has 1 heterocycles. The van der Waals surface area contributed by atoms with E-state index in [2.05, 4.69) is 6.07 Å². The average molecular weight is 489 g/mol. The van der Waals surface area contributed by atoms with Crippen molar-refractivity contribution in [2.45, 2.75) is 33.4 Å². The zero-order valence-electron chi connectivity index (χ0n) is 18.2. The Morgan fingerprint density at radius 2 is 1.62 bits per heavy atom. The molecule has 32 heavy (non-hydrogen) atoms. The fourth-order valence-electron chi connectivity index (χ4n) is 3.42. The summed E-state index contributed by atoms with van der Waals surface area (Å²) in [4.78, 5) is 31.1. The molecule has 0 atom stereocenters. The Bertz CT molecular complexity index is 1050. The van der Waals surface area contributed by atoms with Gasteiger partial charge in [0.25, 0.3) is 5.91 Å². The number of benzene rings is 2. The summed E-state index contributed by atoms with van der Waals surface area (Å²) < 4.78 is 0. The topological polar surface area (TPSA) is 40.6 Å². The van der Waals surface area contributed by atoms with E-state index in [4.69, 9.17) is 23.2 Å². The number of carbonyl (C=O) groups is 2. The van der Waals surface area contributed by atoms with E-state index >= 15 is 0 Å². The predicted molar refractivity (Wildman–Crippen MR) is 132 cm³/mol. The molecule has 4 nitrogen and oxygen atoms in total. The predicted octanol–water partition coefficient (Wildman–Crippen LogP) is 6.44. The second kappa shape index (κ2) is 11.5. The van der Waals surface area contributed by atoms with Gasteiger partial charge in [-0.2, -0.15) is 0 Å². The number of hydrogen-bond donors (Lipinski definition) is 0. The van der Waals surface area contributed by atoms with E-state index in [1.165, 1.54) is 0 Å². The van der Waals surface area contributed by atoms with Crippen LogP contribution in [0.25, 0.3) is 0 Å². The number of carbonyl (C=O) groups excluding carboxylic acids is 2. The lowest BCUT2D eigenvalue weighted by atomic mass is 10.1. The zero-order valence-corrected chi connectivity index (χ0v) is 20.5. The maximum Gasteiger partial charge on any atom is 0.254 e. The van der Waals surface area contributed by atoms with Crippen molar-refractivity contribution in [1.29, 1.82) is 0 Å². The molecule has 0 bridgehead atoms. The average Bonchev–Trinajstić information content (AvgIpc) is 3.17. The second-order valence-corrected chi connectivity index (χ2v) is 9.52. The highest BCUT2D eigenvalue weighted by atomic mass is 35.5. The highest BCUT2D eigenvalue weighted by Gasteiger charge is 2.23. The number of amides is 2. The molecular formula is C25H26Cl2N2O2S. The van der Waals surface area contributed by atoms with Crippen molar-refractivity contribution >= 4 is 46.4 Å². The molecule has 2 aromatic carbocycles. The van der Waals surface area contributed by atoms with Crippen LogP contribution in [0.3, 0.4) is 0 Å². The van der Waals surface area contributed by atoms with Gasteiger partial charge >= 0.3 is 0 Å². The molecule has 0 fully saturated rings. The molecular weight excluding hydrogens is 463 g/mol. The molecule has 168 valence electrons. The minimum Gasteiger partial charge on any atom is -0.332 e. The van der Waals surface area contributed by atoms with E-state index in [-0.39, 0.29) is 18.4 Å². The quantitative estimate of drug-likeness (QED) is 0.347. The molecule has 0 spiro atoms. The van der Waals surface area contributed by atoms with Gasteiger partial charge in [-0.15, -0.1) is 11.3 Å². The number of rotatable bonds is 9. The lowest BCUT2D eigenvalue weighted by Crippen LogP contribution is -2.42. The molecule has 0 saturated heterocycles. The van der Waals surface area contributed by atoms with Crippen molar-refractivity contribution in [3.63, 3.8) is 0 Å². The summed E-state index contributed by atoms with van der Waals surface area (Å²) in [6.45, 7) is 5.47. The van der Waals surface area contributed by atoms with Crippen LogP contribution < -0.4 is 0 Å². The Morgan fingerprint density at radius 1 is 0.938 bits per heavy atom. The number of hydrogen-bond acceptors (Lipinski definition) is 3. The van der Waals surface area contributed by atoms with Gasteiger partial charge in [-0.1, -0.05) is 60.5 Å². The number of halogens is 2. The van der Waals surface area contributed by atoms with Gasteiger partial charge in [0.1, 0.15) is 6.54 Å². The minimum absolute atomic E-state index is 0.00589. The number of thiophene rings is 1. The van der Waals surface area contributed by atoms with Crippen LogP contribution in [0.4, 0.5) is 0 Å². The number of aryl methyl sites for hydroxylation is 1. The molecule has 0 N–H and O–H groups in total. The first kappa shape index (κ1) is 24.3. The first-order valence-corrected chi connectivity index (χ1v) is 12.1. The normalized spacial score (nSPS) is 10.8. The van der Waals surface area contributed by atoms with Gasteiger partial charge < -0.3 is 9.80 Å². The second-order valence-electron chi connectivity index (χ2n) is 7.65. The van der Waals surface area contributed by atoms with Crippen LogP contribution in [0.5, 0.6) is 0 Å². The van der Waals surface area contributed by atoms with E-state index in [9.17, 15) is 9.59 Å². The summed E-state index contributed by atoms with van der Waals surface area (Å²) >= 11 is 13.8. The van der Waals surface area contributed by atoms with Crippen LogP contribution in [0, 0.1) is 6.92 Å². The molecule has 0 saturated carbocycles. The minimum atomic E-state index is -0.253. The molecule has 0 aliphatic carbocycles. The summed E-state index contributed by atoms with van der Waals surface area (Å²) in [6, 6.07) is 16.7. The molecule has 0 unspecified atom stereocenters. The molecule has 3 aromatic rings. The summed E-state index contributed by atoms with van der Waals surface area (Å²) in [5, 5.41) is 2.82. The molecule has 3 rings (SSSR count). The fraction of sp³-hybridized carbons (Fsp3) is 0.280. The molecule has 0 aliphatic heterocycles. The first-order chi connectivity index (χ1) is 15.4. The van der Waals surface area contributed by atoms with Crippen LogP contribution in [0.2, 0.25) is 10.0 Å². The van der Waals surface area contributed by atoms with Crippen LogP contribution in [-0.4, -0.2) is 34.7 Å². The van der Waals surface area contributed by atoms with Crippen molar-refractivity contribution in [2.75, 3.05) is 13.1 Å². The third-order valence-corrected chi connectivity index (χ3v) is 6.53. The van der Waals surface area contributed by atoms with Gasteiger partial charge in [0.2, 0.25) is 5.91 Å². The van der Waals surface area contributed by atoms with Crippen LogP contribution in [0.1, 0.15) is 39.7 Å². The molecule has 2 amide bonds. The molecule has 7 heteroatoms. The maximum atomic E-state index is 13.4. The van der Waals surface area contributed by atoms with Gasteiger partial charge in [0, 0.05) is 33.6 Å². The van der Waals surface area contributed by atoms with Crippen molar-refractivity contribution < 1.29 is 9.59 Å². The maximum absolute atomic E-state index is 13.4. The summed E-state index contributed by atoms with van der Waals surface area (Å²) in [6.07, 6.45) is 0.732. The summed E-state index contributed by atoms with van der Waals surface area (Å²) in [5.74, 6) is -0.354. The van der Waals surface area contributed by atoms with Gasteiger partial charge in [-0.05, 0) is 54.1 Å². The van der Waals surface area contributed by atoms with E-state index in [0.717, 1.165) is 22.4 Å². The van der Waals surface area contributed by atoms with Gasteiger partial charge in [0.15, 0.2) is 0 Å².